The maximum Gasteiger partial charge on any atom is 0.340 e. The molecule has 0 aliphatic rings. The molecular formula is C30H38ClN5O9P+. The van der Waals surface area contributed by atoms with Crippen LogP contribution in [0.25, 0.3) is 22.1 Å². The minimum absolute atomic E-state index is 0.0627. The van der Waals surface area contributed by atoms with E-state index in [0.717, 1.165) is 5.39 Å². The molecule has 14 nitrogen and oxygen atoms in total. The van der Waals surface area contributed by atoms with Crippen molar-refractivity contribution < 1.29 is 41.7 Å². The van der Waals surface area contributed by atoms with Crippen molar-refractivity contribution in [3.8, 4) is 0 Å². The Hall–Kier alpha value is -3.97. The first kappa shape index (κ1) is 34.9. The number of allylic oxidation sites excluding steroid dienone is 2. The highest BCUT2D eigenvalue weighted by atomic mass is 35.5. The average molecular weight is 679 g/mol. The van der Waals surface area contributed by atoms with Crippen LogP contribution in [0.3, 0.4) is 0 Å². The van der Waals surface area contributed by atoms with Gasteiger partial charge in [-0.3, -0.25) is 33.0 Å². The van der Waals surface area contributed by atoms with Crippen LogP contribution >= 0.6 is 19.2 Å². The number of benzene rings is 1. The molecule has 0 saturated carbocycles. The van der Waals surface area contributed by atoms with Crippen LogP contribution in [0.2, 0.25) is 5.02 Å². The number of esters is 2. The van der Waals surface area contributed by atoms with E-state index in [9.17, 15) is 18.9 Å². The minimum Gasteiger partial charge on any atom is -0.458 e. The standard InChI is InChI=1S/C30H37ClN5O9P/c1-29(2,3)26(38)41-17-43-46(40,44-18-42-27(39)30(4,5)6)12-8-7-11-35-16-36(23-24(35)33-28(32)34-25(23)37)15-21-14-19-13-20(31)9-10-22(19)45-21/h7-10,13-14,16H,11-12,15,17-18H2,1-6H3,(H2-,32,33,34,37)/p+1/b8-7-. The number of anilines is 1. The summed E-state index contributed by atoms with van der Waals surface area (Å²) in [6.45, 7) is 9.13. The topological polar surface area (TPSA) is 182 Å². The second-order valence-electron chi connectivity index (χ2n) is 12.5. The van der Waals surface area contributed by atoms with Crippen molar-refractivity contribution in [2.24, 2.45) is 10.8 Å². The first-order valence-electron chi connectivity index (χ1n) is 14.3. The van der Waals surface area contributed by atoms with Gasteiger partial charge in [-0.15, -0.1) is 0 Å². The second-order valence-corrected chi connectivity index (χ2v) is 15.1. The van der Waals surface area contributed by atoms with Crippen LogP contribution in [0.5, 0.6) is 0 Å². The number of fused-ring (bicyclic) bond motifs is 2. The molecule has 0 aliphatic heterocycles. The SMILES string of the molecule is CC(C)(C)C(=O)OCOP(=O)(C/C=C\C[n+]1cn(Cc2cc3cc(Cl)ccc3o2)c2c(=O)[nH]c(N)nc21)OCOC(=O)C(C)(C)C. The quantitative estimate of drug-likeness (QED) is 0.0682. The van der Waals surface area contributed by atoms with E-state index in [1.807, 2.05) is 6.07 Å². The fraction of sp³-hybridized carbons (Fsp3) is 0.433. The number of hydrogen-bond donors (Lipinski definition) is 2. The summed E-state index contributed by atoms with van der Waals surface area (Å²) in [4.78, 5) is 44.0. The number of aromatic amines is 1. The van der Waals surface area contributed by atoms with E-state index in [2.05, 4.69) is 9.97 Å². The second kappa shape index (κ2) is 13.8. The minimum atomic E-state index is -3.95. The van der Waals surface area contributed by atoms with Gasteiger partial charge in [0.05, 0.1) is 23.5 Å². The molecule has 3 N–H and O–H groups in total. The van der Waals surface area contributed by atoms with Gasteiger partial charge in [0.15, 0.2) is 6.33 Å². The van der Waals surface area contributed by atoms with Crippen molar-refractivity contribution in [1.82, 2.24) is 14.5 Å². The Kier molecular flexibility index (Phi) is 10.5. The number of imidazole rings is 1. The summed E-state index contributed by atoms with van der Waals surface area (Å²) in [5.74, 6) is -0.598. The zero-order valence-electron chi connectivity index (χ0n) is 26.5. The van der Waals surface area contributed by atoms with E-state index in [4.69, 9.17) is 40.3 Å². The predicted octanol–water partition coefficient (Wildman–Crippen LogP) is 4.92. The molecule has 1 aromatic carbocycles. The van der Waals surface area contributed by atoms with Gasteiger partial charge in [-0.25, -0.2) is 9.13 Å². The van der Waals surface area contributed by atoms with E-state index < -0.39 is 49.5 Å². The molecule has 46 heavy (non-hydrogen) atoms. The highest BCUT2D eigenvalue weighted by Crippen LogP contribution is 2.48. The van der Waals surface area contributed by atoms with Crippen molar-refractivity contribution in [3.05, 3.63) is 63.9 Å². The van der Waals surface area contributed by atoms with Crippen molar-refractivity contribution >= 4 is 59.2 Å². The summed E-state index contributed by atoms with van der Waals surface area (Å²) in [6, 6.07) is 7.12. The molecular weight excluding hydrogens is 641 g/mol. The zero-order chi connectivity index (χ0) is 33.9. The first-order valence-corrected chi connectivity index (χ1v) is 16.4. The van der Waals surface area contributed by atoms with Crippen molar-refractivity contribution in [1.29, 1.82) is 0 Å². The summed E-state index contributed by atoms with van der Waals surface area (Å²) < 4.78 is 43.7. The lowest BCUT2D eigenvalue weighted by molar-refractivity contribution is -0.663. The number of rotatable bonds is 12. The van der Waals surface area contributed by atoms with Gasteiger partial charge in [-0.2, -0.15) is 0 Å². The lowest BCUT2D eigenvalue weighted by Gasteiger charge is -2.21. The van der Waals surface area contributed by atoms with Crippen LogP contribution in [0, 0.1) is 10.8 Å². The third-order valence-corrected chi connectivity index (χ3v) is 8.38. The molecule has 0 atom stereocenters. The van der Waals surface area contributed by atoms with Crippen LogP contribution in [0.4, 0.5) is 5.95 Å². The zero-order valence-corrected chi connectivity index (χ0v) is 28.1. The van der Waals surface area contributed by atoms with Gasteiger partial charge >= 0.3 is 25.2 Å². The summed E-state index contributed by atoms with van der Waals surface area (Å²) in [5.41, 5.74) is 5.02. The van der Waals surface area contributed by atoms with Gasteiger partial charge in [0.2, 0.25) is 19.1 Å². The largest absolute Gasteiger partial charge is 0.458 e. The molecule has 0 fully saturated rings. The van der Waals surface area contributed by atoms with Crippen molar-refractivity contribution in [2.75, 3.05) is 25.5 Å². The third kappa shape index (κ3) is 8.85. The van der Waals surface area contributed by atoms with Gasteiger partial charge in [0, 0.05) is 10.4 Å². The van der Waals surface area contributed by atoms with E-state index in [1.54, 1.807) is 81.3 Å². The van der Waals surface area contributed by atoms with Crippen LogP contribution < -0.4 is 15.9 Å². The number of halogens is 1. The van der Waals surface area contributed by atoms with Crippen molar-refractivity contribution in [3.63, 3.8) is 0 Å². The number of carbonyl (C=O) groups is 2. The summed E-state index contributed by atoms with van der Waals surface area (Å²) in [6.07, 6.45) is 4.63. The molecule has 16 heteroatoms. The fourth-order valence-electron chi connectivity index (χ4n) is 4.07. The molecule has 0 aliphatic carbocycles. The molecule has 0 radical (unpaired) electrons. The number of furan rings is 1. The Labute approximate surface area is 269 Å². The number of nitrogens with zero attached hydrogens (tertiary/aromatic N) is 3. The Balaban J connectivity index is 1.51. The van der Waals surface area contributed by atoms with Gasteiger partial charge in [-0.1, -0.05) is 28.7 Å². The fourth-order valence-corrected chi connectivity index (χ4v) is 5.37. The molecule has 0 spiro atoms. The van der Waals surface area contributed by atoms with Gasteiger partial charge in [0.1, 0.15) is 17.9 Å². The third-order valence-electron chi connectivity index (χ3n) is 6.49. The number of H-pyrrole nitrogens is 1. The number of aromatic nitrogens is 4. The van der Waals surface area contributed by atoms with Crippen LogP contribution in [-0.2, 0) is 45.8 Å². The summed E-state index contributed by atoms with van der Waals surface area (Å²) >= 11 is 6.11. The number of hydrogen-bond acceptors (Lipinski definition) is 11. The lowest BCUT2D eigenvalue weighted by Crippen LogP contribution is -2.32. The first-order chi connectivity index (χ1) is 21.4. The van der Waals surface area contributed by atoms with E-state index in [0.29, 0.717) is 22.0 Å². The lowest BCUT2D eigenvalue weighted by atomic mass is 9.98. The Morgan fingerprint density at radius 3 is 2.30 bits per heavy atom. The molecule has 4 aromatic rings. The number of ether oxygens (including phenoxy) is 2. The normalized spacial score (nSPS) is 12.8. The van der Waals surface area contributed by atoms with Crippen LogP contribution in [0.1, 0.15) is 47.3 Å². The molecule has 3 heterocycles. The number of nitrogens with one attached hydrogen (secondary N) is 1. The molecule has 0 amide bonds. The van der Waals surface area contributed by atoms with Crippen molar-refractivity contribution in [2.45, 2.75) is 54.6 Å². The number of nitrogen functional groups attached to an aromatic ring is 1. The van der Waals surface area contributed by atoms with E-state index in [1.165, 1.54) is 6.08 Å². The summed E-state index contributed by atoms with van der Waals surface area (Å²) in [7, 11) is -3.95. The number of carbonyl (C=O) groups excluding carboxylic acids is 2. The molecule has 0 saturated heterocycles. The Morgan fingerprint density at radius 1 is 1.07 bits per heavy atom. The smallest absolute Gasteiger partial charge is 0.340 e. The molecule has 3 aromatic heterocycles. The van der Waals surface area contributed by atoms with Crippen LogP contribution in [-0.4, -0.2) is 46.2 Å². The van der Waals surface area contributed by atoms with Gasteiger partial charge in [-0.05, 0) is 65.8 Å². The molecule has 0 unspecified atom stereocenters. The average Bonchev–Trinajstić information content (AvgIpc) is 3.50. The Bertz CT molecular complexity index is 1850. The molecule has 4 rings (SSSR count). The van der Waals surface area contributed by atoms with Gasteiger partial charge in [0.25, 0.3) is 11.5 Å². The molecule has 0 bridgehead atoms. The maximum absolute atomic E-state index is 13.5. The number of nitrogens with two attached hydrogens (primary N) is 1. The summed E-state index contributed by atoms with van der Waals surface area (Å²) in [5, 5.41) is 1.39. The highest BCUT2D eigenvalue weighted by molar-refractivity contribution is 7.54. The predicted molar refractivity (Wildman–Crippen MR) is 170 cm³/mol. The van der Waals surface area contributed by atoms with E-state index >= 15 is 0 Å². The van der Waals surface area contributed by atoms with Crippen LogP contribution in [0.15, 0.2) is 52.0 Å². The Morgan fingerprint density at radius 2 is 1.70 bits per heavy atom. The maximum atomic E-state index is 13.5. The monoisotopic (exact) mass is 678 g/mol. The van der Waals surface area contributed by atoms with E-state index in [-0.39, 0.29) is 30.7 Å². The highest BCUT2D eigenvalue weighted by Gasteiger charge is 2.29. The van der Waals surface area contributed by atoms with Gasteiger partial charge < -0.3 is 19.6 Å². The molecule has 248 valence electrons.